The van der Waals surface area contributed by atoms with Gasteiger partial charge in [-0.15, -0.1) is 0 Å². The van der Waals surface area contributed by atoms with Gasteiger partial charge in [-0.2, -0.15) is 0 Å². The molecule has 0 N–H and O–H groups in total. The van der Waals surface area contributed by atoms with Gasteiger partial charge in [0.25, 0.3) is 0 Å². The summed E-state index contributed by atoms with van der Waals surface area (Å²) in [5.74, 6) is -0.206. The summed E-state index contributed by atoms with van der Waals surface area (Å²) in [6.45, 7) is 3.00. The van der Waals surface area contributed by atoms with Crippen molar-refractivity contribution in [3.63, 3.8) is 0 Å². The van der Waals surface area contributed by atoms with E-state index in [1.807, 2.05) is 12.1 Å². The van der Waals surface area contributed by atoms with Gasteiger partial charge in [0.2, 0.25) is 0 Å². The van der Waals surface area contributed by atoms with E-state index in [0.717, 1.165) is 35.9 Å². The maximum atomic E-state index is 14.0. The Balaban J connectivity index is 1.63. The molecule has 2 saturated heterocycles. The Morgan fingerprint density at radius 3 is 2.96 bits per heavy atom. The average molecular weight is 316 g/mol. The molecule has 2 aromatic rings. The summed E-state index contributed by atoms with van der Waals surface area (Å²) >= 11 is 0. The lowest BCUT2D eigenvalue weighted by atomic mass is 10.00. The van der Waals surface area contributed by atoms with Crippen LogP contribution in [0.3, 0.4) is 0 Å². The van der Waals surface area contributed by atoms with Gasteiger partial charge in [-0.3, -0.25) is 9.88 Å². The van der Waals surface area contributed by atoms with Crippen LogP contribution in [0, 0.1) is 5.82 Å². The third kappa shape index (κ3) is 3.09. The van der Waals surface area contributed by atoms with E-state index in [4.69, 9.17) is 9.47 Å². The lowest BCUT2D eigenvalue weighted by Crippen LogP contribution is -2.46. The van der Waals surface area contributed by atoms with Crippen molar-refractivity contribution in [2.45, 2.75) is 38.1 Å². The van der Waals surface area contributed by atoms with Crippen LogP contribution in [0.4, 0.5) is 4.39 Å². The molecule has 2 aliphatic rings. The van der Waals surface area contributed by atoms with Crippen molar-refractivity contribution in [2.24, 2.45) is 0 Å². The Bertz CT molecular complexity index is 688. The zero-order valence-corrected chi connectivity index (χ0v) is 13.1. The van der Waals surface area contributed by atoms with Gasteiger partial charge in [0.15, 0.2) is 6.29 Å². The molecule has 0 bridgehead atoms. The number of ether oxygens (including phenoxy) is 2. The Hall–Kier alpha value is -1.56. The molecule has 0 radical (unpaired) electrons. The molecule has 1 atom stereocenters. The molecule has 3 heterocycles. The first kappa shape index (κ1) is 15.0. The van der Waals surface area contributed by atoms with Crippen molar-refractivity contribution in [1.29, 1.82) is 0 Å². The van der Waals surface area contributed by atoms with Crippen molar-refractivity contribution < 1.29 is 13.9 Å². The van der Waals surface area contributed by atoms with E-state index in [2.05, 4.69) is 9.88 Å². The highest BCUT2D eigenvalue weighted by atomic mass is 19.1. The van der Waals surface area contributed by atoms with Crippen molar-refractivity contribution >= 4 is 10.9 Å². The Labute approximate surface area is 135 Å². The fourth-order valence-corrected chi connectivity index (χ4v) is 3.69. The topological polar surface area (TPSA) is 34.6 Å². The molecule has 4 nitrogen and oxygen atoms in total. The molecule has 2 fully saturated rings. The summed E-state index contributed by atoms with van der Waals surface area (Å²) in [6.07, 6.45) is 5.02. The first-order valence-corrected chi connectivity index (χ1v) is 8.32. The van der Waals surface area contributed by atoms with Crippen LogP contribution in [0.5, 0.6) is 0 Å². The van der Waals surface area contributed by atoms with Crippen molar-refractivity contribution in [1.82, 2.24) is 9.88 Å². The van der Waals surface area contributed by atoms with E-state index in [1.54, 1.807) is 18.3 Å². The zero-order valence-electron chi connectivity index (χ0n) is 13.1. The predicted molar refractivity (Wildman–Crippen MR) is 85.4 cm³/mol. The minimum Gasteiger partial charge on any atom is -0.349 e. The molecule has 122 valence electrons. The highest BCUT2D eigenvalue weighted by Gasteiger charge is 2.33. The van der Waals surface area contributed by atoms with Crippen molar-refractivity contribution in [3.05, 3.63) is 41.8 Å². The highest BCUT2D eigenvalue weighted by molar-refractivity contribution is 5.81. The normalized spacial score (nSPS) is 23.6. The molecule has 0 aliphatic carbocycles. The number of rotatable bonds is 3. The number of aromatic nitrogens is 1. The van der Waals surface area contributed by atoms with Gasteiger partial charge in [-0.25, -0.2) is 4.39 Å². The molecule has 23 heavy (non-hydrogen) atoms. The van der Waals surface area contributed by atoms with Crippen LogP contribution in [0.25, 0.3) is 10.9 Å². The van der Waals surface area contributed by atoms with Gasteiger partial charge in [-0.1, -0.05) is 12.5 Å². The summed E-state index contributed by atoms with van der Waals surface area (Å²) in [5, 5.41) is 0.851. The highest BCUT2D eigenvalue weighted by Crippen LogP contribution is 2.28. The Morgan fingerprint density at radius 2 is 2.09 bits per heavy atom. The molecule has 1 aromatic carbocycles. The molecular weight excluding hydrogens is 295 g/mol. The number of piperidine rings is 1. The first-order valence-electron chi connectivity index (χ1n) is 8.32. The predicted octanol–water partition coefficient (Wildman–Crippen LogP) is 3.10. The molecule has 0 spiro atoms. The summed E-state index contributed by atoms with van der Waals surface area (Å²) in [6, 6.07) is 7.15. The molecule has 0 amide bonds. The largest absolute Gasteiger partial charge is 0.349 e. The number of hydrogen-bond acceptors (Lipinski definition) is 4. The van der Waals surface area contributed by atoms with Gasteiger partial charge in [0.1, 0.15) is 5.82 Å². The van der Waals surface area contributed by atoms with Crippen LogP contribution < -0.4 is 0 Å². The van der Waals surface area contributed by atoms with Crippen LogP contribution in [0.1, 0.15) is 24.8 Å². The van der Waals surface area contributed by atoms with Crippen molar-refractivity contribution in [2.75, 3.05) is 19.8 Å². The smallest absolute Gasteiger partial charge is 0.173 e. The van der Waals surface area contributed by atoms with E-state index in [1.165, 1.54) is 6.42 Å². The first-order chi connectivity index (χ1) is 11.3. The third-order valence-electron chi connectivity index (χ3n) is 4.75. The van der Waals surface area contributed by atoms with Gasteiger partial charge in [0, 0.05) is 18.1 Å². The second-order valence-corrected chi connectivity index (χ2v) is 6.28. The lowest BCUT2D eigenvalue weighted by molar-refractivity contribution is -0.111. The molecule has 5 heteroatoms. The van der Waals surface area contributed by atoms with Crippen molar-refractivity contribution in [3.8, 4) is 0 Å². The number of pyridine rings is 1. The van der Waals surface area contributed by atoms with E-state index < -0.39 is 0 Å². The van der Waals surface area contributed by atoms with Crippen LogP contribution in [0.2, 0.25) is 0 Å². The minimum atomic E-state index is -0.206. The zero-order chi connectivity index (χ0) is 15.6. The number of nitrogens with zero attached hydrogens (tertiary/aromatic N) is 2. The summed E-state index contributed by atoms with van der Waals surface area (Å²) in [7, 11) is 0. The second-order valence-electron chi connectivity index (χ2n) is 6.28. The molecule has 4 rings (SSSR count). The summed E-state index contributed by atoms with van der Waals surface area (Å²) < 4.78 is 25.4. The molecule has 1 aromatic heterocycles. The minimum absolute atomic E-state index is 0.150. The summed E-state index contributed by atoms with van der Waals surface area (Å²) in [5.41, 5.74) is 1.82. The quantitative estimate of drug-likeness (QED) is 0.871. The third-order valence-corrected chi connectivity index (χ3v) is 4.75. The maximum absolute atomic E-state index is 14.0. The SMILES string of the molecule is Fc1cc(CN2CCCCC2C2OCCO2)c2ncccc2c1. The molecule has 0 saturated carbocycles. The molecule has 1 unspecified atom stereocenters. The van der Waals surface area contributed by atoms with Gasteiger partial charge >= 0.3 is 0 Å². The average Bonchev–Trinajstić information content (AvgIpc) is 3.09. The van der Waals surface area contributed by atoms with Crippen LogP contribution >= 0.6 is 0 Å². The lowest BCUT2D eigenvalue weighted by Gasteiger charge is -2.38. The number of benzene rings is 1. The Morgan fingerprint density at radius 1 is 1.22 bits per heavy atom. The number of likely N-dealkylation sites (tertiary alicyclic amines) is 1. The summed E-state index contributed by atoms with van der Waals surface area (Å²) in [4.78, 5) is 6.82. The van der Waals surface area contributed by atoms with E-state index in [9.17, 15) is 4.39 Å². The van der Waals surface area contributed by atoms with Crippen LogP contribution in [-0.2, 0) is 16.0 Å². The van der Waals surface area contributed by atoms with E-state index in [-0.39, 0.29) is 18.1 Å². The molecule has 2 aliphatic heterocycles. The monoisotopic (exact) mass is 316 g/mol. The molecular formula is C18H21FN2O2. The van der Waals surface area contributed by atoms with Gasteiger partial charge in [-0.05, 0) is 43.1 Å². The number of halogens is 1. The number of fused-ring (bicyclic) bond motifs is 1. The maximum Gasteiger partial charge on any atom is 0.173 e. The van der Waals surface area contributed by atoms with Crippen LogP contribution in [0.15, 0.2) is 30.5 Å². The second kappa shape index (κ2) is 6.51. The van der Waals surface area contributed by atoms with Crippen LogP contribution in [-0.4, -0.2) is 42.0 Å². The standard InChI is InChI=1S/C18H21FN2O2/c19-15-10-13-4-3-6-20-17(13)14(11-15)12-21-7-2-1-5-16(21)18-22-8-9-23-18/h3-4,6,10-11,16,18H,1-2,5,7-9,12H2. The van der Waals surface area contributed by atoms with E-state index >= 15 is 0 Å². The fourth-order valence-electron chi connectivity index (χ4n) is 3.69. The fraction of sp³-hybridized carbons (Fsp3) is 0.500. The van der Waals surface area contributed by atoms with E-state index in [0.29, 0.717) is 19.8 Å². The van der Waals surface area contributed by atoms with Gasteiger partial charge in [0.05, 0.1) is 24.8 Å². The number of hydrogen-bond donors (Lipinski definition) is 0. The Kier molecular flexibility index (Phi) is 4.25. The van der Waals surface area contributed by atoms with Gasteiger partial charge < -0.3 is 9.47 Å².